The van der Waals surface area contributed by atoms with Crippen molar-refractivity contribution in [1.82, 2.24) is 0 Å². The maximum absolute atomic E-state index is 10.4. The first kappa shape index (κ1) is 8.10. The van der Waals surface area contributed by atoms with Crippen molar-refractivity contribution in [1.29, 1.82) is 0 Å². The molecule has 0 aromatic carbocycles. The van der Waals surface area contributed by atoms with Gasteiger partial charge in [0.1, 0.15) is 5.78 Å². The highest BCUT2D eigenvalue weighted by Gasteiger charge is 1.95. The summed E-state index contributed by atoms with van der Waals surface area (Å²) in [5.41, 5.74) is 4.96. The van der Waals surface area contributed by atoms with E-state index in [4.69, 9.17) is 5.73 Å². The van der Waals surface area contributed by atoms with Gasteiger partial charge in [-0.25, -0.2) is 0 Å². The van der Waals surface area contributed by atoms with E-state index in [-0.39, 0.29) is 25.4 Å². The minimum atomic E-state index is -0.100. The van der Waals surface area contributed by atoms with Gasteiger partial charge in [0.25, 0.3) is 6.47 Å². The Bertz CT molecular complexity index is 102. The Morgan fingerprint density at radius 2 is 2.33 bits per heavy atom. The second kappa shape index (κ2) is 5.24. The average Bonchev–Trinajstić information content (AvgIpc) is 1.89. The first-order valence-electron chi connectivity index (χ1n) is 2.58. The third kappa shape index (κ3) is 4.96. The molecule has 0 radical (unpaired) electrons. The number of rotatable bonds is 5. The summed E-state index contributed by atoms with van der Waals surface area (Å²) in [5, 5.41) is 0. The normalized spacial score (nSPS) is 8.56. The molecule has 0 saturated heterocycles. The summed E-state index contributed by atoms with van der Waals surface area (Å²) in [5.74, 6) is -0.100. The van der Waals surface area contributed by atoms with Crippen LogP contribution in [0.5, 0.6) is 0 Å². The lowest BCUT2D eigenvalue weighted by atomic mass is 10.3. The van der Waals surface area contributed by atoms with Gasteiger partial charge in [-0.1, -0.05) is 0 Å². The average molecular weight is 131 g/mol. The maximum atomic E-state index is 10.4. The van der Waals surface area contributed by atoms with E-state index >= 15 is 0 Å². The first-order valence-corrected chi connectivity index (χ1v) is 2.58. The van der Waals surface area contributed by atoms with E-state index < -0.39 is 0 Å². The van der Waals surface area contributed by atoms with Crippen LogP contribution in [0.25, 0.3) is 0 Å². The van der Waals surface area contributed by atoms with Crippen molar-refractivity contribution in [3.63, 3.8) is 0 Å². The van der Waals surface area contributed by atoms with Crippen LogP contribution in [0, 0.1) is 0 Å². The SMILES string of the molecule is NCC(=O)CCOC=O. The largest absolute Gasteiger partial charge is 0.467 e. The number of ketones is 1. The minimum Gasteiger partial charge on any atom is -0.467 e. The van der Waals surface area contributed by atoms with Gasteiger partial charge in [-0.15, -0.1) is 0 Å². The van der Waals surface area contributed by atoms with Gasteiger partial charge < -0.3 is 10.5 Å². The Balaban J connectivity index is 3.06. The van der Waals surface area contributed by atoms with E-state index in [1.54, 1.807) is 0 Å². The van der Waals surface area contributed by atoms with Gasteiger partial charge >= 0.3 is 0 Å². The van der Waals surface area contributed by atoms with Crippen molar-refractivity contribution in [3.8, 4) is 0 Å². The Labute approximate surface area is 53.0 Å². The van der Waals surface area contributed by atoms with Crippen LogP contribution in [0.3, 0.4) is 0 Å². The Morgan fingerprint density at radius 1 is 1.67 bits per heavy atom. The molecule has 0 aliphatic heterocycles. The van der Waals surface area contributed by atoms with E-state index in [2.05, 4.69) is 4.74 Å². The number of ether oxygens (including phenoxy) is 1. The number of carbonyl (C=O) groups is 2. The predicted octanol–water partition coefficient (Wildman–Crippen LogP) is -0.923. The third-order valence-corrected chi connectivity index (χ3v) is 0.794. The summed E-state index contributed by atoms with van der Waals surface area (Å²) >= 11 is 0. The lowest BCUT2D eigenvalue weighted by molar-refractivity contribution is -0.130. The molecule has 0 atom stereocenters. The van der Waals surface area contributed by atoms with Crippen LogP contribution in [0.15, 0.2) is 0 Å². The van der Waals surface area contributed by atoms with Crippen LogP contribution >= 0.6 is 0 Å². The molecule has 0 fully saturated rings. The molecule has 4 nitrogen and oxygen atoms in total. The molecule has 0 unspecified atom stereocenters. The standard InChI is InChI=1S/C5H9NO3/c6-3-5(8)1-2-9-4-7/h4H,1-3,6H2. The maximum Gasteiger partial charge on any atom is 0.293 e. The van der Waals surface area contributed by atoms with Crippen LogP contribution < -0.4 is 5.73 Å². The van der Waals surface area contributed by atoms with E-state index in [0.717, 1.165) is 0 Å². The lowest BCUT2D eigenvalue weighted by Crippen LogP contribution is -2.15. The van der Waals surface area contributed by atoms with Gasteiger partial charge in [0.05, 0.1) is 13.2 Å². The minimum absolute atomic E-state index is 0.0161. The molecule has 4 heteroatoms. The van der Waals surface area contributed by atoms with Crippen LogP contribution in [-0.4, -0.2) is 25.4 Å². The van der Waals surface area contributed by atoms with E-state index in [0.29, 0.717) is 6.47 Å². The van der Waals surface area contributed by atoms with Gasteiger partial charge in [-0.3, -0.25) is 9.59 Å². The molecular formula is C5H9NO3. The second-order valence-corrected chi connectivity index (χ2v) is 1.46. The highest BCUT2D eigenvalue weighted by atomic mass is 16.5. The molecule has 52 valence electrons. The Kier molecular flexibility index (Phi) is 4.72. The zero-order valence-electron chi connectivity index (χ0n) is 5.00. The molecule has 0 bridgehead atoms. The number of carbonyl (C=O) groups excluding carboxylic acids is 2. The number of Topliss-reactive ketones (excluding diaryl/α,β-unsaturated/α-hetero) is 1. The predicted molar refractivity (Wildman–Crippen MR) is 30.7 cm³/mol. The molecule has 2 N–H and O–H groups in total. The van der Waals surface area contributed by atoms with Crippen LogP contribution in [0.4, 0.5) is 0 Å². The monoisotopic (exact) mass is 131 g/mol. The van der Waals surface area contributed by atoms with Crippen molar-refractivity contribution in [2.24, 2.45) is 5.73 Å². The molecule has 0 aliphatic carbocycles. The number of hydrogen-bond donors (Lipinski definition) is 1. The smallest absolute Gasteiger partial charge is 0.293 e. The van der Waals surface area contributed by atoms with E-state index in [1.165, 1.54) is 0 Å². The summed E-state index contributed by atoms with van der Waals surface area (Å²) in [6.45, 7) is 0.464. The molecule has 0 spiro atoms. The summed E-state index contributed by atoms with van der Waals surface area (Å²) in [6, 6.07) is 0. The molecule has 0 aromatic heterocycles. The molecule has 9 heavy (non-hydrogen) atoms. The summed E-state index contributed by atoms with van der Waals surface area (Å²) in [6.07, 6.45) is 0.218. The van der Waals surface area contributed by atoms with Gasteiger partial charge in [0.2, 0.25) is 0 Å². The molecule has 0 heterocycles. The van der Waals surface area contributed by atoms with Crippen molar-refractivity contribution in [2.45, 2.75) is 6.42 Å². The number of hydrogen-bond acceptors (Lipinski definition) is 4. The molecular weight excluding hydrogens is 122 g/mol. The van der Waals surface area contributed by atoms with E-state index in [1.807, 2.05) is 0 Å². The van der Waals surface area contributed by atoms with Gasteiger partial charge in [-0.2, -0.15) is 0 Å². The molecule has 0 amide bonds. The zero-order valence-corrected chi connectivity index (χ0v) is 5.00. The second-order valence-electron chi connectivity index (χ2n) is 1.46. The van der Waals surface area contributed by atoms with Crippen molar-refractivity contribution >= 4 is 12.3 Å². The lowest BCUT2D eigenvalue weighted by Gasteiger charge is -1.93. The molecule has 0 rings (SSSR count). The molecule has 0 aliphatic rings. The van der Waals surface area contributed by atoms with Gasteiger partial charge in [-0.05, 0) is 0 Å². The van der Waals surface area contributed by atoms with E-state index in [9.17, 15) is 9.59 Å². The summed E-state index contributed by atoms with van der Waals surface area (Å²) < 4.78 is 4.25. The van der Waals surface area contributed by atoms with Crippen LogP contribution in [-0.2, 0) is 14.3 Å². The third-order valence-electron chi connectivity index (χ3n) is 0.794. The van der Waals surface area contributed by atoms with Crippen molar-refractivity contribution in [2.75, 3.05) is 13.2 Å². The first-order chi connectivity index (χ1) is 4.31. The summed E-state index contributed by atoms with van der Waals surface area (Å²) in [7, 11) is 0. The topological polar surface area (TPSA) is 69.4 Å². The van der Waals surface area contributed by atoms with Gasteiger partial charge in [0.15, 0.2) is 0 Å². The molecule has 0 aromatic rings. The highest BCUT2D eigenvalue weighted by molar-refractivity contribution is 5.80. The quantitative estimate of drug-likeness (QED) is 0.387. The fourth-order valence-corrected chi connectivity index (χ4v) is 0.323. The zero-order chi connectivity index (χ0) is 7.11. The Morgan fingerprint density at radius 3 is 2.78 bits per heavy atom. The fraction of sp³-hybridized carbons (Fsp3) is 0.600. The van der Waals surface area contributed by atoms with Gasteiger partial charge in [0, 0.05) is 6.42 Å². The van der Waals surface area contributed by atoms with Crippen molar-refractivity contribution in [3.05, 3.63) is 0 Å². The highest BCUT2D eigenvalue weighted by Crippen LogP contribution is 1.79. The fourth-order valence-electron chi connectivity index (χ4n) is 0.323. The van der Waals surface area contributed by atoms with Crippen molar-refractivity contribution < 1.29 is 14.3 Å². The summed E-state index contributed by atoms with van der Waals surface area (Å²) in [4.78, 5) is 19.9. The van der Waals surface area contributed by atoms with Crippen LogP contribution in [0.2, 0.25) is 0 Å². The van der Waals surface area contributed by atoms with Crippen LogP contribution in [0.1, 0.15) is 6.42 Å². The Hall–Kier alpha value is -0.900. The molecule has 0 saturated carbocycles. The number of nitrogens with two attached hydrogens (primary N) is 1.